The molecular weight excluding hydrogens is 282 g/mol. The van der Waals surface area contributed by atoms with E-state index in [1.54, 1.807) is 6.20 Å². The van der Waals surface area contributed by atoms with Gasteiger partial charge in [0.1, 0.15) is 24.0 Å². The average Bonchev–Trinajstić information content (AvgIpc) is 2.94. The van der Waals surface area contributed by atoms with E-state index in [9.17, 15) is 0 Å². The molecule has 1 heterocycles. The van der Waals surface area contributed by atoms with Crippen molar-refractivity contribution in [2.75, 3.05) is 0 Å². The standard InChI is InChI=1S/C17H13ClN3/c18-14-6-8-16(9-7-14)21(15-4-2-1-3-5-15)13-12-20-17(21)10-11-19/h1-9,12-13H,10H2/q+1. The van der Waals surface area contributed by atoms with Gasteiger partial charge in [0.05, 0.1) is 12.3 Å². The topological polar surface area (TPSA) is 36.1 Å². The smallest absolute Gasteiger partial charge is 0.201 e. The van der Waals surface area contributed by atoms with Crippen LogP contribution in [0.15, 0.2) is 72.0 Å². The molecule has 0 radical (unpaired) electrons. The second-order valence-electron chi connectivity index (χ2n) is 4.71. The van der Waals surface area contributed by atoms with E-state index in [0.717, 1.165) is 17.2 Å². The molecule has 1 unspecified atom stereocenters. The van der Waals surface area contributed by atoms with Gasteiger partial charge in [-0.3, -0.25) is 0 Å². The maximum absolute atomic E-state index is 9.11. The Balaban J connectivity index is 2.22. The number of benzene rings is 2. The molecule has 1 aliphatic rings. The van der Waals surface area contributed by atoms with E-state index in [1.165, 1.54) is 0 Å². The molecule has 3 nitrogen and oxygen atoms in total. The summed E-state index contributed by atoms with van der Waals surface area (Å²) < 4.78 is 0.339. The molecule has 0 aromatic heterocycles. The minimum Gasteiger partial charge on any atom is -0.201 e. The van der Waals surface area contributed by atoms with Crippen molar-refractivity contribution in [3.05, 3.63) is 72.0 Å². The first-order valence-corrected chi connectivity index (χ1v) is 6.97. The van der Waals surface area contributed by atoms with Gasteiger partial charge < -0.3 is 0 Å². The number of aliphatic imine (C=N–C) groups is 1. The molecule has 0 bridgehead atoms. The third-order valence-corrected chi connectivity index (χ3v) is 3.81. The average molecular weight is 295 g/mol. The highest BCUT2D eigenvalue weighted by Gasteiger charge is 2.40. The van der Waals surface area contributed by atoms with Gasteiger partial charge in [-0.1, -0.05) is 29.8 Å². The van der Waals surface area contributed by atoms with Gasteiger partial charge in [0.2, 0.25) is 5.84 Å². The zero-order valence-corrected chi connectivity index (χ0v) is 12.0. The molecule has 3 rings (SSSR count). The molecule has 21 heavy (non-hydrogen) atoms. The molecule has 1 atom stereocenters. The first-order chi connectivity index (χ1) is 10.3. The quantitative estimate of drug-likeness (QED) is 0.751. The van der Waals surface area contributed by atoms with Gasteiger partial charge in [-0.05, 0) is 12.1 Å². The number of para-hydroxylation sites is 1. The molecule has 0 saturated heterocycles. The third-order valence-electron chi connectivity index (χ3n) is 3.56. The number of nitrogens with zero attached hydrogens (tertiary/aromatic N) is 3. The van der Waals surface area contributed by atoms with Gasteiger partial charge in [-0.15, -0.1) is 0 Å². The molecule has 0 N–H and O–H groups in total. The van der Waals surface area contributed by atoms with Crippen molar-refractivity contribution in [3.63, 3.8) is 0 Å². The Morgan fingerprint density at radius 3 is 2.33 bits per heavy atom. The summed E-state index contributed by atoms with van der Waals surface area (Å²) in [6.07, 6.45) is 4.02. The van der Waals surface area contributed by atoms with E-state index >= 15 is 0 Å². The minimum absolute atomic E-state index is 0.268. The molecule has 0 amide bonds. The lowest BCUT2D eigenvalue weighted by atomic mass is 10.1. The van der Waals surface area contributed by atoms with E-state index in [2.05, 4.69) is 11.1 Å². The Bertz CT molecular complexity index is 742. The Morgan fingerprint density at radius 1 is 1.00 bits per heavy atom. The second-order valence-corrected chi connectivity index (χ2v) is 5.15. The zero-order valence-electron chi connectivity index (χ0n) is 11.3. The molecule has 0 fully saturated rings. The van der Waals surface area contributed by atoms with Crippen LogP contribution in [0.5, 0.6) is 0 Å². The summed E-state index contributed by atoms with van der Waals surface area (Å²) >= 11 is 6.00. The van der Waals surface area contributed by atoms with Crippen molar-refractivity contribution in [2.24, 2.45) is 4.99 Å². The Morgan fingerprint density at radius 2 is 1.67 bits per heavy atom. The molecule has 4 heteroatoms. The van der Waals surface area contributed by atoms with Gasteiger partial charge in [0, 0.05) is 29.3 Å². The van der Waals surface area contributed by atoms with Gasteiger partial charge in [0.25, 0.3) is 0 Å². The number of hydrogen-bond donors (Lipinski definition) is 0. The predicted octanol–water partition coefficient (Wildman–Crippen LogP) is 4.78. The van der Waals surface area contributed by atoms with Crippen LogP contribution >= 0.6 is 11.6 Å². The highest BCUT2D eigenvalue weighted by Crippen LogP contribution is 2.39. The second kappa shape index (κ2) is 5.53. The molecule has 0 aliphatic carbocycles. The van der Waals surface area contributed by atoms with E-state index in [4.69, 9.17) is 16.9 Å². The number of hydrogen-bond acceptors (Lipinski definition) is 2. The molecular formula is C17H13ClN3+. The number of amidine groups is 1. The van der Waals surface area contributed by atoms with Gasteiger partial charge >= 0.3 is 0 Å². The summed E-state index contributed by atoms with van der Waals surface area (Å²) in [7, 11) is 0. The molecule has 0 saturated carbocycles. The zero-order chi connectivity index (χ0) is 14.7. The van der Waals surface area contributed by atoms with Crippen molar-refractivity contribution in [1.82, 2.24) is 4.48 Å². The number of nitriles is 1. The molecule has 0 spiro atoms. The summed E-state index contributed by atoms with van der Waals surface area (Å²) in [5.74, 6) is 0.783. The first-order valence-electron chi connectivity index (χ1n) is 6.60. The van der Waals surface area contributed by atoms with Gasteiger partial charge in [-0.25, -0.2) is 4.99 Å². The summed E-state index contributed by atoms with van der Waals surface area (Å²) in [5.41, 5.74) is 2.05. The van der Waals surface area contributed by atoms with Crippen LogP contribution < -0.4 is 4.48 Å². The minimum atomic E-state index is 0.268. The maximum atomic E-state index is 9.11. The molecule has 2 aromatic carbocycles. The predicted molar refractivity (Wildman–Crippen MR) is 86.2 cm³/mol. The summed E-state index contributed by atoms with van der Waals surface area (Å²) in [6.45, 7) is 0. The van der Waals surface area contributed by atoms with Gasteiger partial charge in [0.15, 0.2) is 0 Å². The van der Waals surface area contributed by atoms with Crippen molar-refractivity contribution in [2.45, 2.75) is 6.42 Å². The van der Waals surface area contributed by atoms with Crippen molar-refractivity contribution in [1.29, 1.82) is 5.26 Å². The first kappa shape index (κ1) is 13.6. The number of quaternary nitrogens is 1. The van der Waals surface area contributed by atoms with Crippen LogP contribution in [0.25, 0.3) is 0 Å². The number of rotatable bonds is 3. The SMILES string of the molecule is N#CCC1=NC=C[N+]1(c1ccccc1)c1ccc(Cl)cc1. The van der Waals surface area contributed by atoms with Crippen molar-refractivity contribution >= 4 is 28.8 Å². The van der Waals surface area contributed by atoms with Crippen LogP contribution in [-0.4, -0.2) is 5.84 Å². The molecule has 2 aromatic rings. The maximum Gasteiger partial charge on any atom is 0.232 e. The highest BCUT2D eigenvalue weighted by molar-refractivity contribution is 6.30. The Kier molecular flexibility index (Phi) is 3.57. The van der Waals surface area contributed by atoms with E-state index in [-0.39, 0.29) is 6.42 Å². The molecule has 102 valence electrons. The summed E-state index contributed by atoms with van der Waals surface area (Å²) in [6, 6.07) is 19.9. The monoisotopic (exact) mass is 294 g/mol. The van der Waals surface area contributed by atoms with E-state index in [1.807, 2.05) is 60.8 Å². The van der Waals surface area contributed by atoms with Crippen molar-refractivity contribution < 1.29 is 0 Å². The van der Waals surface area contributed by atoms with Crippen LogP contribution in [0.4, 0.5) is 11.4 Å². The van der Waals surface area contributed by atoms with E-state index < -0.39 is 0 Å². The fourth-order valence-electron chi connectivity index (χ4n) is 2.60. The van der Waals surface area contributed by atoms with Gasteiger partial charge in [-0.2, -0.15) is 9.74 Å². The lowest BCUT2D eigenvalue weighted by molar-refractivity contribution is 0.735. The Hall–Kier alpha value is -2.41. The summed E-state index contributed by atoms with van der Waals surface area (Å²) in [4.78, 5) is 4.41. The normalized spacial score (nSPS) is 20.1. The third kappa shape index (κ3) is 2.25. The lowest BCUT2D eigenvalue weighted by Crippen LogP contribution is -2.42. The van der Waals surface area contributed by atoms with E-state index in [0.29, 0.717) is 9.51 Å². The lowest BCUT2D eigenvalue weighted by Gasteiger charge is -2.30. The highest BCUT2D eigenvalue weighted by atomic mass is 35.5. The Labute approximate surface area is 128 Å². The van der Waals surface area contributed by atoms with Crippen LogP contribution in [0, 0.1) is 11.3 Å². The van der Waals surface area contributed by atoms with Crippen LogP contribution in [0.1, 0.15) is 6.42 Å². The van der Waals surface area contributed by atoms with Crippen molar-refractivity contribution in [3.8, 4) is 6.07 Å². The summed E-state index contributed by atoms with van der Waals surface area (Å²) in [5, 5.41) is 9.79. The van der Waals surface area contributed by atoms with Crippen LogP contribution in [-0.2, 0) is 0 Å². The fourth-order valence-corrected chi connectivity index (χ4v) is 2.72. The largest absolute Gasteiger partial charge is 0.232 e. The fraction of sp³-hybridized carbons (Fsp3) is 0.0588. The number of halogens is 1. The van der Waals surface area contributed by atoms with Crippen LogP contribution in [0.2, 0.25) is 5.02 Å². The van der Waals surface area contributed by atoms with Crippen LogP contribution in [0.3, 0.4) is 0 Å². The molecule has 1 aliphatic heterocycles.